The first-order chi connectivity index (χ1) is 13.9. The molecule has 3 aromatic rings. The maximum Gasteiger partial charge on any atom is 0.269 e. The Morgan fingerprint density at radius 3 is 2.83 bits per heavy atom. The van der Waals surface area contributed by atoms with Crippen LogP contribution in [0, 0.1) is 0 Å². The number of pyridine rings is 1. The molecule has 0 saturated carbocycles. The van der Waals surface area contributed by atoms with Gasteiger partial charge in [-0.2, -0.15) is 0 Å². The predicted octanol–water partition coefficient (Wildman–Crippen LogP) is 4.92. The van der Waals surface area contributed by atoms with Crippen LogP contribution in [-0.2, 0) is 10.0 Å². The molecule has 2 aliphatic rings. The van der Waals surface area contributed by atoms with Gasteiger partial charge in [0.1, 0.15) is 4.90 Å². The smallest absolute Gasteiger partial charge is 0.269 e. The Hall–Kier alpha value is -1.60. The van der Waals surface area contributed by atoms with Crippen molar-refractivity contribution >= 4 is 44.1 Å². The third-order valence-electron chi connectivity index (χ3n) is 6.28. The van der Waals surface area contributed by atoms with Crippen molar-refractivity contribution in [1.82, 2.24) is 13.9 Å². The number of piperidine rings is 1. The van der Waals surface area contributed by atoms with E-state index in [1.54, 1.807) is 24.5 Å². The number of hydrogen-bond donors (Lipinski definition) is 0. The number of halogens is 2. The minimum absolute atomic E-state index is 0.0600. The zero-order valence-corrected chi connectivity index (χ0v) is 18.1. The number of nitrogens with zero attached hydrogens (tertiary/aromatic N) is 3. The normalized spacial score (nSPS) is 22.8. The summed E-state index contributed by atoms with van der Waals surface area (Å²) in [5.74, 6) is 0.222. The summed E-state index contributed by atoms with van der Waals surface area (Å²) in [4.78, 5) is 6.65. The molecule has 0 radical (unpaired) electrons. The summed E-state index contributed by atoms with van der Waals surface area (Å²) in [5.41, 5.74) is 1.42. The first kappa shape index (κ1) is 19.4. The maximum absolute atomic E-state index is 13.5. The summed E-state index contributed by atoms with van der Waals surface area (Å²) in [6, 6.07) is 7.28. The van der Waals surface area contributed by atoms with Crippen LogP contribution in [0.2, 0.25) is 10.0 Å². The molecule has 8 heteroatoms. The Morgan fingerprint density at radius 1 is 1.10 bits per heavy atom. The molecule has 0 bridgehead atoms. The Balaban J connectivity index is 1.59. The van der Waals surface area contributed by atoms with E-state index in [1.165, 1.54) is 29.1 Å². The van der Waals surface area contributed by atoms with Gasteiger partial charge in [-0.05, 0) is 74.5 Å². The highest BCUT2D eigenvalue weighted by atomic mass is 35.5. The highest BCUT2D eigenvalue weighted by molar-refractivity contribution is 7.90. The van der Waals surface area contributed by atoms with Crippen molar-refractivity contribution in [3.8, 4) is 0 Å². The SMILES string of the molecule is O=S(=O)(c1cc(Cl)cc(C2CCN3CCCC3C2)c1Cl)n1ccc2cnccc21. The lowest BCUT2D eigenvalue weighted by atomic mass is 9.85. The van der Waals surface area contributed by atoms with E-state index < -0.39 is 10.0 Å². The van der Waals surface area contributed by atoms with Crippen molar-refractivity contribution in [2.45, 2.75) is 42.5 Å². The van der Waals surface area contributed by atoms with Crippen molar-refractivity contribution in [3.63, 3.8) is 0 Å². The Labute approximate surface area is 180 Å². The van der Waals surface area contributed by atoms with Crippen LogP contribution in [0.5, 0.6) is 0 Å². The molecule has 1 aromatic carbocycles. The standard InChI is InChI=1S/C21H21Cl2N3O2S/c22-16-11-18(14-4-8-25-7-1-2-17(25)10-14)21(23)20(12-16)29(27,28)26-9-5-15-13-24-6-3-19(15)26/h3,5-6,9,11-14,17H,1-2,4,7-8,10H2. The second-order valence-corrected chi connectivity index (χ2v) is 10.5. The van der Waals surface area contributed by atoms with Crippen LogP contribution in [0.1, 0.15) is 37.2 Å². The van der Waals surface area contributed by atoms with Gasteiger partial charge in [-0.1, -0.05) is 23.2 Å². The maximum atomic E-state index is 13.5. The van der Waals surface area contributed by atoms with Gasteiger partial charge in [-0.25, -0.2) is 12.4 Å². The van der Waals surface area contributed by atoms with Crippen LogP contribution in [0.25, 0.3) is 10.9 Å². The van der Waals surface area contributed by atoms with E-state index in [0.717, 1.165) is 36.9 Å². The van der Waals surface area contributed by atoms with Crippen LogP contribution in [0.15, 0.2) is 47.8 Å². The Kier molecular flexibility index (Phi) is 4.86. The largest absolute Gasteiger partial charge is 0.300 e. The summed E-state index contributed by atoms with van der Waals surface area (Å²) in [5, 5.41) is 1.44. The molecule has 4 heterocycles. The molecule has 2 saturated heterocycles. The zero-order valence-electron chi connectivity index (χ0n) is 15.8. The number of benzene rings is 1. The van der Waals surface area contributed by atoms with E-state index >= 15 is 0 Å². The average Bonchev–Trinajstić information content (AvgIpc) is 3.35. The van der Waals surface area contributed by atoms with Crippen molar-refractivity contribution in [2.24, 2.45) is 0 Å². The molecule has 2 unspecified atom stereocenters. The van der Waals surface area contributed by atoms with Crippen molar-refractivity contribution in [1.29, 1.82) is 0 Å². The summed E-state index contributed by atoms with van der Waals surface area (Å²) >= 11 is 13.1. The van der Waals surface area contributed by atoms with Gasteiger partial charge < -0.3 is 4.90 Å². The molecule has 2 aromatic heterocycles. The van der Waals surface area contributed by atoms with Crippen LogP contribution >= 0.6 is 23.2 Å². The molecule has 5 rings (SSSR count). The summed E-state index contributed by atoms with van der Waals surface area (Å²) in [6.45, 7) is 2.19. The third-order valence-corrected chi connectivity index (χ3v) is 8.75. The molecule has 29 heavy (non-hydrogen) atoms. The summed E-state index contributed by atoms with van der Waals surface area (Å²) in [7, 11) is -3.89. The van der Waals surface area contributed by atoms with Crippen LogP contribution in [-0.4, -0.2) is 41.4 Å². The van der Waals surface area contributed by atoms with E-state index in [9.17, 15) is 8.42 Å². The van der Waals surface area contributed by atoms with Crippen LogP contribution in [0.4, 0.5) is 0 Å². The lowest BCUT2D eigenvalue weighted by Crippen LogP contribution is -2.37. The van der Waals surface area contributed by atoms with Gasteiger partial charge in [-0.15, -0.1) is 0 Å². The molecule has 152 valence electrons. The topological polar surface area (TPSA) is 55.2 Å². The van der Waals surface area contributed by atoms with Crippen molar-refractivity contribution < 1.29 is 8.42 Å². The van der Waals surface area contributed by atoms with Gasteiger partial charge in [0.2, 0.25) is 0 Å². The monoisotopic (exact) mass is 449 g/mol. The molecular formula is C21H21Cl2N3O2S. The van der Waals surface area contributed by atoms with Gasteiger partial charge in [0.25, 0.3) is 10.0 Å². The van der Waals surface area contributed by atoms with E-state index in [0.29, 0.717) is 21.6 Å². The summed E-state index contributed by atoms with van der Waals surface area (Å²) in [6.07, 6.45) is 9.15. The average molecular weight is 450 g/mol. The van der Waals surface area contributed by atoms with Crippen LogP contribution in [0.3, 0.4) is 0 Å². The van der Waals surface area contributed by atoms with E-state index in [1.807, 2.05) is 6.07 Å². The molecule has 2 fully saturated rings. The lowest BCUT2D eigenvalue weighted by Gasteiger charge is -2.35. The number of fused-ring (bicyclic) bond motifs is 2. The molecule has 0 N–H and O–H groups in total. The third kappa shape index (κ3) is 3.26. The second kappa shape index (κ2) is 7.27. The molecule has 2 aliphatic heterocycles. The molecule has 2 atom stereocenters. The highest BCUT2D eigenvalue weighted by Crippen LogP contribution is 2.42. The fourth-order valence-corrected chi connectivity index (χ4v) is 7.17. The highest BCUT2D eigenvalue weighted by Gasteiger charge is 2.34. The minimum atomic E-state index is -3.89. The van der Waals surface area contributed by atoms with Gasteiger partial charge >= 0.3 is 0 Å². The van der Waals surface area contributed by atoms with Gasteiger partial charge in [0.15, 0.2) is 0 Å². The predicted molar refractivity (Wildman–Crippen MR) is 115 cm³/mol. The number of aromatic nitrogens is 2. The van der Waals surface area contributed by atoms with Gasteiger partial charge in [-0.3, -0.25) is 4.98 Å². The van der Waals surface area contributed by atoms with E-state index in [4.69, 9.17) is 23.2 Å². The zero-order chi connectivity index (χ0) is 20.2. The fraction of sp³-hybridized carbons (Fsp3) is 0.381. The quantitative estimate of drug-likeness (QED) is 0.569. The lowest BCUT2D eigenvalue weighted by molar-refractivity contribution is 0.181. The van der Waals surface area contributed by atoms with Crippen molar-refractivity contribution in [3.05, 3.63) is 58.5 Å². The summed E-state index contributed by atoms with van der Waals surface area (Å²) < 4.78 is 28.2. The molecule has 0 amide bonds. The minimum Gasteiger partial charge on any atom is -0.300 e. The van der Waals surface area contributed by atoms with Gasteiger partial charge in [0.05, 0.1) is 10.5 Å². The Morgan fingerprint density at radius 2 is 1.97 bits per heavy atom. The molecule has 5 nitrogen and oxygen atoms in total. The fourth-order valence-electron chi connectivity index (χ4n) is 4.85. The number of hydrogen-bond acceptors (Lipinski definition) is 4. The molecule has 0 spiro atoms. The van der Waals surface area contributed by atoms with Crippen LogP contribution < -0.4 is 0 Å². The molecule has 0 aliphatic carbocycles. The van der Waals surface area contributed by atoms with E-state index in [2.05, 4.69) is 9.88 Å². The molecular weight excluding hydrogens is 429 g/mol. The Bertz CT molecular complexity index is 1190. The van der Waals surface area contributed by atoms with Gasteiger partial charge in [0, 0.05) is 35.0 Å². The van der Waals surface area contributed by atoms with Crippen molar-refractivity contribution in [2.75, 3.05) is 13.1 Å². The van der Waals surface area contributed by atoms with E-state index in [-0.39, 0.29) is 10.8 Å². The first-order valence-electron chi connectivity index (χ1n) is 9.85. The first-order valence-corrected chi connectivity index (χ1v) is 12.0. The number of rotatable bonds is 3. The second-order valence-electron chi connectivity index (χ2n) is 7.91.